The van der Waals surface area contributed by atoms with Crippen LogP contribution in [0.1, 0.15) is 33.7 Å². The molecule has 4 aromatic rings. The minimum absolute atomic E-state index is 0. The van der Waals surface area contributed by atoms with Crippen molar-refractivity contribution < 1.29 is 42.7 Å². The summed E-state index contributed by atoms with van der Waals surface area (Å²) in [5.41, 5.74) is 5.75. The molecule has 0 saturated heterocycles. The molecule has 9 heteroatoms. The van der Waals surface area contributed by atoms with Crippen molar-refractivity contribution in [2.45, 2.75) is 32.6 Å². The second-order valence-corrected chi connectivity index (χ2v) is 10.5. The van der Waals surface area contributed by atoms with Gasteiger partial charge in [0, 0.05) is 16.1 Å². The number of carbonyl (C=O) groups excluding carboxylic acids is 2. The van der Waals surface area contributed by atoms with Crippen LogP contribution in [0.4, 0.5) is 0 Å². The summed E-state index contributed by atoms with van der Waals surface area (Å²) in [6.45, 7) is 2.52. The molecule has 0 spiro atoms. The van der Waals surface area contributed by atoms with Crippen LogP contribution in [0.25, 0.3) is 22.3 Å². The zero-order chi connectivity index (χ0) is 27.8. The van der Waals surface area contributed by atoms with Gasteiger partial charge in [-0.2, -0.15) is 11.8 Å². The summed E-state index contributed by atoms with van der Waals surface area (Å²) in [7, 11) is 0. The summed E-state index contributed by atoms with van der Waals surface area (Å²) in [5, 5.41) is 14.9. The summed E-state index contributed by atoms with van der Waals surface area (Å²) in [6.07, 6.45) is 3.80. The van der Waals surface area contributed by atoms with Crippen molar-refractivity contribution in [2.24, 2.45) is 0 Å². The summed E-state index contributed by atoms with van der Waals surface area (Å²) in [5.74, 6) is -0.462. The maximum atomic E-state index is 13.2. The molecular weight excluding hydrogens is 541 g/mol. The number of rotatable bonds is 12. The molecular formula is C31H29ClLiNO5S. The van der Waals surface area contributed by atoms with Crippen molar-refractivity contribution in [3.63, 3.8) is 0 Å². The van der Waals surface area contributed by atoms with Crippen LogP contribution >= 0.6 is 23.4 Å². The molecule has 0 aliphatic carbocycles. The molecule has 0 fully saturated rings. The topological polar surface area (TPSA) is 91.6 Å². The number of carboxylic acid groups (broad SMARTS) is 1. The number of ether oxygens (including phenoxy) is 1. The van der Waals surface area contributed by atoms with Gasteiger partial charge in [-0.25, -0.2) is 0 Å². The first-order valence-electron chi connectivity index (χ1n) is 12.5. The number of hydrogen-bond acceptors (Lipinski definition) is 6. The number of hydrogen-bond donors (Lipinski definition) is 1. The molecule has 0 bridgehead atoms. The molecule has 1 N–H and O–H groups in total. The van der Waals surface area contributed by atoms with E-state index in [1.54, 1.807) is 12.3 Å². The first kappa shape index (κ1) is 31.6. The molecule has 0 radical (unpaired) electrons. The fourth-order valence-corrected chi connectivity index (χ4v) is 4.90. The maximum absolute atomic E-state index is 13.2. The summed E-state index contributed by atoms with van der Waals surface area (Å²) in [6, 6.07) is 21.5. The monoisotopic (exact) mass is 569 g/mol. The van der Waals surface area contributed by atoms with E-state index in [0.717, 1.165) is 27.8 Å². The predicted octanol–water partition coefficient (Wildman–Crippen LogP) is 2.90. The molecule has 4 rings (SSSR count). The Morgan fingerprint density at radius 3 is 2.45 bits per heavy atom. The molecule has 202 valence electrons. The summed E-state index contributed by atoms with van der Waals surface area (Å²) >= 11 is 7.53. The van der Waals surface area contributed by atoms with Crippen LogP contribution in [0.15, 0.2) is 83.5 Å². The fourth-order valence-electron chi connectivity index (χ4n) is 4.30. The van der Waals surface area contributed by atoms with Crippen LogP contribution in [0.5, 0.6) is 0 Å². The standard InChI is InChI=1S/C31H30ClNO5S.Li/c1-20-5-3-4-6-24(20)27-17-21(7-12-26(27)30(34)33-28(31(35)36)14-16-39-2)18-37-19-29-25(13-15-38-29)22-8-10-23(32)11-9-22;/h3-13,15,17,28H,14,16,18-19H2,1-2H3,(H,33,34)(H,35,36);/q;+1/p-1/t28-;/m0./s1. The SMILES string of the molecule is CSCC[C@H](NC(=O)c1ccc(COCc2occc2-c2ccc(Cl)cc2)cc1-c1ccccc1C)C(=O)[O-].[Li+]. The van der Waals surface area contributed by atoms with Crippen molar-refractivity contribution in [3.05, 3.63) is 107 Å². The van der Waals surface area contributed by atoms with Crippen LogP contribution in [0.2, 0.25) is 5.02 Å². The van der Waals surface area contributed by atoms with E-state index in [2.05, 4.69) is 5.32 Å². The van der Waals surface area contributed by atoms with Gasteiger partial charge < -0.3 is 24.4 Å². The number of carbonyl (C=O) groups is 2. The van der Waals surface area contributed by atoms with Gasteiger partial charge in [0.2, 0.25) is 0 Å². The molecule has 6 nitrogen and oxygen atoms in total. The average molecular weight is 570 g/mol. The molecule has 1 aromatic heterocycles. The third-order valence-electron chi connectivity index (χ3n) is 6.37. The Bertz CT molecular complexity index is 1440. The molecule has 3 aromatic carbocycles. The number of halogens is 1. The van der Waals surface area contributed by atoms with Crippen LogP contribution in [0, 0.1) is 6.92 Å². The normalized spacial score (nSPS) is 11.5. The van der Waals surface area contributed by atoms with E-state index in [9.17, 15) is 14.7 Å². The number of aryl methyl sites for hydroxylation is 1. The van der Waals surface area contributed by atoms with Gasteiger partial charge in [0.1, 0.15) is 12.4 Å². The van der Waals surface area contributed by atoms with Gasteiger partial charge in [0.25, 0.3) is 5.91 Å². The van der Waals surface area contributed by atoms with E-state index in [0.29, 0.717) is 27.7 Å². The number of carboxylic acids is 1. The predicted molar refractivity (Wildman–Crippen MR) is 154 cm³/mol. The Hall–Kier alpha value is -2.92. The zero-order valence-electron chi connectivity index (χ0n) is 22.7. The van der Waals surface area contributed by atoms with Crippen LogP contribution in [-0.2, 0) is 22.7 Å². The number of thioether (sulfide) groups is 1. The van der Waals surface area contributed by atoms with E-state index in [1.165, 1.54) is 11.8 Å². The Morgan fingerprint density at radius 2 is 1.75 bits per heavy atom. The van der Waals surface area contributed by atoms with E-state index in [-0.39, 0.29) is 38.5 Å². The zero-order valence-corrected chi connectivity index (χ0v) is 24.3. The molecule has 0 aliphatic heterocycles. The van der Waals surface area contributed by atoms with Crippen molar-refractivity contribution in [1.82, 2.24) is 5.32 Å². The maximum Gasteiger partial charge on any atom is 1.00 e. The fraction of sp³-hybridized carbons (Fsp3) is 0.226. The Kier molecular flexibility index (Phi) is 12.0. The van der Waals surface area contributed by atoms with E-state index < -0.39 is 17.9 Å². The minimum Gasteiger partial charge on any atom is -0.548 e. The molecule has 1 amide bonds. The second-order valence-electron chi connectivity index (χ2n) is 9.08. The van der Waals surface area contributed by atoms with Crippen molar-refractivity contribution in [2.75, 3.05) is 12.0 Å². The smallest absolute Gasteiger partial charge is 0.548 e. The summed E-state index contributed by atoms with van der Waals surface area (Å²) < 4.78 is 11.7. The van der Waals surface area contributed by atoms with Gasteiger partial charge in [-0.15, -0.1) is 0 Å². The molecule has 0 aliphatic rings. The number of amides is 1. The average Bonchev–Trinajstić information content (AvgIpc) is 3.40. The number of benzene rings is 3. The van der Waals surface area contributed by atoms with E-state index in [1.807, 2.05) is 79.9 Å². The van der Waals surface area contributed by atoms with E-state index >= 15 is 0 Å². The Balaban J connectivity index is 0.00000441. The molecule has 1 atom stereocenters. The molecule has 0 unspecified atom stereocenters. The molecule has 0 saturated carbocycles. The van der Waals surface area contributed by atoms with E-state index in [4.69, 9.17) is 20.8 Å². The Labute approximate surface area is 255 Å². The van der Waals surface area contributed by atoms with Crippen molar-refractivity contribution in [1.29, 1.82) is 0 Å². The van der Waals surface area contributed by atoms with Crippen LogP contribution < -0.4 is 29.3 Å². The van der Waals surface area contributed by atoms with Gasteiger partial charge in [-0.1, -0.05) is 54.1 Å². The van der Waals surface area contributed by atoms with Crippen LogP contribution in [-0.4, -0.2) is 29.9 Å². The Morgan fingerprint density at radius 1 is 1.00 bits per heavy atom. The quantitative estimate of drug-likeness (QED) is 0.264. The van der Waals surface area contributed by atoms with Crippen molar-refractivity contribution in [3.8, 4) is 22.3 Å². The second kappa shape index (κ2) is 15.2. The third kappa shape index (κ3) is 8.06. The number of furan rings is 1. The summed E-state index contributed by atoms with van der Waals surface area (Å²) in [4.78, 5) is 24.9. The largest absolute Gasteiger partial charge is 1.00 e. The first-order chi connectivity index (χ1) is 18.9. The van der Waals surface area contributed by atoms with Gasteiger partial charge in [0.15, 0.2) is 0 Å². The van der Waals surface area contributed by atoms with Gasteiger partial charge in [0.05, 0.1) is 24.9 Å². The van der Waals surface area contributed by atoms with Gasteiger partial charge in [-0.05, 0) is 83.5 Å². The van der Waals surface area contributed by atoms with Gasteiger partial charge >= 0.3 is 18.9 Å². The molecule has 1 heterocycles. The first-order valence-corrected chi connectivity index (χ1v) is 14.2. The van der Waals surface area contributed by atoms with Crippen LogP contribution in [0.3, 0.4) is 0 Å². The third-order valence-corrected chi connectivity index (χ3v) is 7.26. The number of nitrogens with one attached hydrogen (secondary N) is 1. The van der Waals surface area contributed by atoms with Crippen molar-refractivity contribution >= 4 is 35.2 Å². The number of aliphatic carboxylic acids is 1. The van der Waals surface area contributed by atoms with Gasteiger partial charge in [-0.3, -0.25) is 4.79 Å². The minimum atomic E-state index is -1.30. The molecule has 40 heavy (non-hydrogen) atoms.